The molecular weight excluding hydrogens is 370 g/mol. The Morgan fingerprint density at radius 1 is 0.966 bits per heavy atom. The summed E-state index contributed by atoms with van der Waals surface area (Å²) in [6.45, 7) is 0.414. The molecule has 2 amide bonds. The Morgan fingerprint density at radius 2 is 1.76 bits per heavy atom. The van der Waals surface area contributed by atoms with Crippen LogP contribution in [0.15, 0.2) is 54.7 Å². The van der Waals surface area contributed by atoms with Gasteiger partial charge in [-0.25, -0.2) is 0 Å². The van der Waals surface area contributed by atoms with E-state index in [2.05, 4.69) is 15.6 Å². The maximum Gasteiger partial charge on any atom is 0.233 e. The number of amides is 2. The molecule has 3 rings (SSSR count). The largest absolute Gasteiger partial charge is 0.493 e. The highest BCUT2D eigenvalue weighted by Gasteiger charge is 2.12. The minimum Gasteiger partial charge on any atom is -0.493 e. The van der Waals surface area contributed by atoms with Crippen molar-refractivity contribution in [3.8, 4) is 11.5 Å². The lowest BCUT2D eigenvalue weighted by atomic mass is 10.1. The number of rotatable bonds is 8. The SMILES string of the molecule is COc1ccc(CCNC(=O)CC(=O)Nc2cccc3cccnc23)cc1OC. The van der Waals surface area contributed by atoms with Crippen molar-refractivity contribution in [2.75, 3.05) is 26.1 Å². The molecule has 0 unspecified atom stereocenters. The summed E-state index contributed by atoms with van der Waals surface area (Å²) in [6.07, 6.45) is 2.02. The zero-order chi connectivity index (χ0) is 20.6. The Kier molecular flexibility index (Phi) is 6.63. The summed E-state index contributed by atoms with van der Waals surface area (Å²) in [5.41, 5.74) is 2.28. The molecule has 0 atom stereocenters. The van der Waals surface area contributed by atoms with Gasteiger partial charge in [-0.1, -0.05) is 24.3 Å². The maximum atomic E-state index is 12.2. The van der Waals surface area contributed by atoms with E-state index in [1.165, 1.54) is 0 Å². The van der Waals surface area contributed by atoms with E-state index < -0.39 is 0 Å². The topological polar surface area (TPSA) is 89.5 Å². The molecule has 0 aliphatic heterocycles. The summed E-state index contributed by atoms with van der Waals surface area (Å²) >= 11 is 0. The van der Waals surface area contributed by atoms with Crippen LogP contribution in [0.25, 0.3) is 10.9 Å². The van der Waals surface area contributed by atoms with Gasteiger partial charge < -0.3 is 20.1 Å². The van der Waals surface area contributed by atoms with E-state index in [1.807, 2.05) is 42.5 Å². The summed E-state index contributed by atoms with van der Waals surface area (Å²) in [5, 5.41) is 6.44. The van der Waals surface area contributed by atoms with Crippen LogP contribution in [-0.4, -0.2) is 37.6 Å². The number of hydrogen-bond donors (Lipinski definition) is 2. The van der Waals surface area contributed by atoms with Gasteiger partial charge in [0, 0.05) is 18.1 Å². The lowest BCUT2D eigenvalue weighted by molar-refractivity contribution is -0.126. The molecule has 0 saturated heterocycles. The monoisotopic (exact) mass is 393 g/mol. The third-order valence-corrected chi connectivity index (χ3v) is 4.41. The molecule has 0 spiro atoms. The van der Waals surface area contributed by atoms with Crippen molar-refractivity contribution in [3.05, 3.63) is 60.3 Å². The minimum atomic E-state index is -0.383. The molecule has 3 aromatic rings. The third kappa shape index (κ3) is 5.22. The average molecular weight is 393 g/mol. The lowest BCUT2D eigenvalue weighted by Gasteiger charge is -2.10. The van der Waals surface area contributed by atoms with Crippen LogP contribution in [-0.2, 0) is 16.0 Å². The molecule has 29 heavy (non-hydrogen) atoms. The summed E-state index contributed by atoms with van der Waals surface area (Å²) in [5.74, 6) is 0.572. The molecule has 0 saturated carbocycles. The van der Waals surface area contributed by atoms with Crippen LogP contribution < -0.4 is 20.1 Å². The first kappa shape index (κ1) is 20.1. The Labute approximate surface area is 169 Å². The van der Waals surface area contributed by atoms with Crippen LogP contribution >= 0.6 is 0 Å². The molecule has 0 aliphatic carbocycles. The van der Waals surface area contributed by atoms with Gasteiger partial charge in [-0.05, 0) is 36.2 Å². The first-order valence-corrected chi connectivity index (χ1v) is 9.22. The molecule has 2 aromatic carbocycles. The van der Waals surface area contributed by atoms with Crippen molar-refractivity contribution < 1.29 is 19.1 Å². The summed E-state index contributed by atoms with van der Waals surface area (Å²) in [6, 6.07) is 14.9. The van der Waals surface area contributed by atoms with Crippen molar-refractivity contribution in [1.82, 2.24) is 10.3 Å². The quantitative estimate of drug-likeness (QED) is 0.575. The standard InChI is InChI=1S/C22H23N3O4/c1-28-18-9-8-15(13-19(18)29-2)10-12-23-20(26)14-21(27)25-17-7-3-5-16-6-4-11-24-22(16)17/h3-9,11,13H,10,12,14H2,1-2H3,(H,23,26)(H,25,27). The number of carbonyl (C=O) groups is 2. The number of ether oxygens (including phenoxy) is 2. The molecule has 1 heterocycles. The molecule has 0 fully saturated rings. The van der Waals surface area contributed by atoms with Gasteiger partial charge in [0.2, 0.25) is 11.8 Å². The van der Waals surface area contributed by atoms with Gasteiger partial charge in [0.15, 0.2) is 11.5 Å². The molecule has 7 heteroatoms. The fourth-order valence-corrected chi connectivity index (χ4v) is 2.99. The summed E-state index contributed by atoms with van der Waals surface area (Å²) < 4.78 is 10.5. The molecule has 2 N–H and O–H groups in total. The fraction of sp³-hybridized carbons (Fsp3) is 0.227. The predicted molar refractivity (Wildman–Crippen MR) is 111 cm³/mol. The second-order valence-electron chi connectivity index (χ2n) is 6.39. The van der Waals surface area contributed by atoms with Gasteiger partial charge in [-0.3, -0.25) is 14.6 Å². The minimum absolute atomic E-state index is 0.255. The lowest BCUT2D eigenvalue weighted by Crippen LogP contribution is -2.29. The number of benzene rings is 2. The molecular formula is C22H23N3O4. The number of pyridine rings is 1. The average Bonchev–Trinajstić information content (AvgIpc) is 2.73. The number of hydrogen-bond acceptors (Lipinski definition) is 5. The van der Waals surface area contributed by atoms with Crippen molar-refractivity contribution >= 4 is 28.4 Å². The van der Waals surface area contributed by atoms with E-state index in [0.717, 1.165) is 10.9 Å². The van der Waals surface area contributed by atoms with Gasteiger partial charge in [0.25, 0.3) is 0 Å². The van der Waals surface area contributed by atoms with Crippen LogP contribution in [0.5, 0.6) is 11.5 Å². The van der Waals surface area contributed by atoms with E-state index in [0.29, 0.717) is 35.7 Å². The highest BCUT2D eigenvalue weighted by molar-refractivity contribution is 6.07. The van der Waals surface area contributed by atoms with Gasteiger partial charge in [-0.15, -0.1) is 0 Å². The number of carbonyl (C=O) groups excluding carboxylic acids is 2. The van der Waals surface area contributed by atoms with Gasteiger partial charge in [-0.2, -0.15) is 0 Å². The van der Waals surface area contributed by atoms with Crippen molar-refractivity contribution in [2.45, 2.75) is 12.8 Å². The first-order valence-electron chi connectivity index (χ1n) is 9.22. The van der Waals surface area contributed by atoms with Crippen LogP contribution in [0.3, 0.4) is 0 Å². The summed E-state index contributed by atoms with van der Waals surface area (Å²) in [7, 11) is 3.16. The highest BCUT2D eigenvalue weighted by Crippen LogP contribution is 2.27. The zero-order valence-electron chi connectivity index (χ0n) is 16.4. The van der Waals surface area contributed by atoms with E-state index in [-0.39, 0.29) is 18.2 Å². The predicted octanol–water partition coefficient (Wildman–Crippen LogP) is 2.94. The molecule has 0 aliphatic rings. The zero-order valence-corrected chi connectivity index (χ0v) is 16.4. The van der Waals surface area contributed by atoms with Crippen molar-refractivity contribution in [3.63, 3.8) is 0 Å². The molecule has 0 bridgehead atoms. The number of methoxy groups -OCH3 is 2. The van der Waals surface area contributed by atoms with Crippen molar-refractivity contribution in [1.29, 1.82) is 0 Å². The number of nitrogens with one attached hydrogen (secondary N) is 2. The van der Waals surface area contributed by atoms with E-state index in [4.69, 9.17) is 9.47 Å². The number of aromatic nitrogens is 1. The second kappa shape index (κ2) is 9.54. The van der Waals surface area contributed by atoms with Crippen LogP contribution in [0.2, 0.25) is 0 Å². The Morgan fingerprint density at radius 3 is 2.55 bits per heavy atom. The number of para-hydroxylation sites is 1. The van der Waals surface area contributed by atoms with Gasteiger partial charge in [0.1, 0.15) is 6.42 Å². The van der Waals surface area contributed by atoms with Crippen LogP contribution in [0, 0.1) is 0 Å². The molecule has 7 nitrogen and oxygen atoms in total. The first-order chi connectivity index (χ1) is 14.1. The highest BCUT2D eigenvalue weighted by atomic mass is 16.5. The van der Waals surface area contributed by atoms with Crippen LogP contribution in [0.1, 0.15) is 12.0 Å². The number of nitrogens with zero attached hydrogens (tertiary/aromatic N) is 1. The van der Waals surface area contributed by atoms with E-state index in [9.17, 15) is 9.59 Å². The second-order valence-corrected chi connectivity index (χ2v) is 6.39. The Balaban J connectivity index is 1.50. The van der Waals surface area contributed by atoms with Gasteiger partial charge >= 0.3 is 0 Å². The third-order valence-electron chi connectivity index (χ3n) is 4.41. The smallest absolute Gasteiger partial charge is 0.233 e. The van der Waals surface area contributed by atoms with Gasteiger partial charge in [0.05, 0.1) is 25.4 Å². The Hall–Kier alpha value is -3.61. The van der Waals surface area contributed by atoms with Crippen LogP contribution in [0.4, 0.5) is 5.69 Å². The molecule has 0 radical (unpaired) electrons. The fourth-order valence-electron chi connectivity index (χ4n) is 2.99. The summed E-state index contributed by atoms with van der Waals surface area (Å²) in [4.78, 5) is 28.6. The number of anilines is 1. The maximum absolute atomic E-state index is 12.2. The normalized spacial score (nSPS) is 10.4. The number of fused-ring (bicyclic) bond motifs is 1. The van der Waals surface area contributed by atoms with E-state index >= 15 is 0 Å². The Bertz CT molecular complexity index is 1010. The molecule has 1 aromatic heterocycles. The van der Waals surface area contributed by atoms with E-state index in [1.54, 1.807) is 26.5 Å². The van der Waals surface area contributed by atoms with Crippen molar-refractivity contribution in [2.24, 2.45) is 0 Å². The molecule has 150 valence electrons.